The van der Waals surface area contributed by atoms with Crippen molar-refractivity contribution < 1.29 is 4.74 Å². The maximum atomic E-state index is 5.78. The summed E-state index contributed by atoms with van der Waals surface area (Å²) in [6.45, 7) is 2.06. The summed E-state index contributed by atoms with van der Waals surface area (Å²) in [5.41, 5.74) is 10.5. The lowest BCUT2D eigenvalue weighted by Crippen LogP contribution is -2.41. The molecule has 2 N–H and O–H groups in total. The molecule has 1 aliphatic heterocycles. The number of aromatic nitrogens is 2. The van der Waals surface area contributed by atoms with Crippen molar-refractivity contribution in [1.82, 2.24) is 9.97 Å². The van der Waals surface area contributed by atoms with Gasteiger partial charge in [0.1, 0.15) is 18.0 Å². The van der Waals surface area contributed by atoms with Gasteiger partial charge in [-0.1, -0.05) is 18.2 Å². The fraction of sp³-hybridized carbons (Fsp3) is 0.353. The highest BCUT2D eigenvalue weighted by atomic mass is 16.5. The normalized spacial score (nSPS) is 26.4. The van der Waals surface area contributed by atoms with E-state index in [2.05, 4.69) is 40.1 Å². The van der Waals surface area contributed by atoms with Gasteiger partial charge in [-0.15, -0.1) is 0 Å². The van der Waals surface area contributed by atoms with Gasteiger partial charge in [0.05, 0.1) is 0 Å². The molecular weight excluding hydrogens is 276 g/mol. The summed E-state index contributed by atoms with van der Waals surface area (Å²) in [5, 5.41) is 0. The molecule has 5 nitrogen and oxygen atoms in total. The van der Waals surface area contributed by atoms with Crippen molar-refractivity contribution in [2.45, 2.75) is 37.8 Å². The second-order valence-corrected chi connectivity index (χ2v) is 6.10. The molecule has 2 aromatic rings. The molecule has 0 radical (unpaired) electrons. The van der Waals surface area contributed by atoms with E-state index < -0.39 is 0 Å². The van der Waals surface area contributed by atoms with Crippen molar-refractivity contribution in [3.05, 3.63) is 48.0 Å². The van der Waals surface area contributed by atoms with Crippen LogP contribution >= 0.6 is 0 Å². The Kier molecular flexibility index (Phi) is 2.89. The summed E-state index contributed by atoms with van der Waals surface area (Å²) in [5.74, 6) is 0. The molecule has 0 saturated carbocycles. The van der Waals surface area contributed by atoms with Gasteiger partial charge in [0.2, 0.25) is 0 Å². The van der Waals surface area contributed by atoms with Gasteiger partial charge in [-0.05, 0) is 36.5 Å². The number of hydrogen-bond donors (Lipinski definition) is 1. The number of fused-ring (bicyclic) bond motifs is 1. The van der Waals surface area contributed by atoms with E-state index in [4.69, 9.17) is 10.5 Å². The fourth-order valence-corrected chi connectivity index (χ4v) is 3.50. The molecule has 0 amide bonds. The molecule has 1 aliphatic carbocycles. The van der Waals surface area contributed by atoms with Gasteiger partial charge in [-0.25, -0.2) is 15.0 Å². The minimum Gasteiger partial charge on any atom is -0.460 e. The highest BCUT2D eigenvalue weighted by Crippen LogP contribution is 2.39. The molecule has 2 aliphatic rings. The van der Waals surface area contributed by atoms with E-state index in [1.807, 2.05) is 12.4 Å². The summed E-state index contributed by atoms with van der Waals surface area (Å²) in [6, 6.07) is 6.90. The van der Waals surface area contributed by atoms with Crippen LogP contribution in [0.25, 0.3) is 11.1 Å². The molecule has 2 unspecified atom stereocenters. The van der Waals surface area contributed by atoms with Crippen LogP contribution in [0.2, 0.25) is 0 Å². The summed E-state index contributed by atoms with van der Waals surface area (Å²) in [4.78, 5) is 12.8. The predicted octanol–water partition coefficient (Wildman–Crippen LogP) is 2.10. The second-order valence-electron chi connectivity index (χ2n) is 6.10. The zero-order chi connectivity index (χ0) is 15.2. The van der Waals surface area contributed by atoms with Crippen LogP contribution in [0.1, 0.15) is 24.5 Å². The fourth-order valence-electron chi connectivity index (χ4n) is 3.50. The number of aliphatic imine (C=N–C) groups is 1. The Morgan fingerprint density at radius 2 is 2.00 bits per heavy atom. The number of amidine groups is 1. The van der Waals surface area contributed by atoms with Crippen molar-refractivity contribution in [3.63, 3.8) is 0 Å². The van der Waals surface area contributed by atoms with E-state index in [9.17, 15) is 0 Å². The van der Waals surface area contributed by atoms with Gasteiger partial charge >= 0.3 is 0 Å². The van der Waals surface area contributed by atoms with Crippen LogP contribution in [0.3, 0.4) is 0 Å². The van der Waals surface area contributed by atoms with Crippen LogP contribution in [0.5, 0.6) is 0 Å². The molecule has 1 aromatic heterocycles. The van der Waals surface area contributed by atoms with E-state index in [-0.39, 0.29) is 11.6 Å². The average molecular weight is 294 g/mol. The van der Waals surface area contributed by atoms with Crippen LogP contribution in [-0.2, 0) is 17.6 Å². The van der Waals surface area contributed by atoms with E-state index in [1.165, 1.54) is 11.1 Å². The van der Waals surface area contributed by atoms with Gasteiger partial charge in [-0.2, -0.15) is 0 Å². The largest absolute Gasteiger partial charge is 0.460 e. The first-order chi connectivity index (χ1) is 10.7. The Morgan fingerprint density at radius 3 is 2.73 bits per heavy atom. The topological polar surface area (TPSA) is 73.4 Å². The van der Waals surface area contributed by atoms with Gasteiger partial charge in [-0.3, -0.25) is 0 Å². The Labute approximate surface area is 129 Å². The molecule has 0 fully saturated rings. The molecular formula is C17H18N4O. The lowest BCUT2D eigenvalue weighted by Gasteiger charge is -2.34. The lowest BCUT2D eigenvalue weighted by atomic mass is 9.75. The van der Waals surface area contributed by atoms with Gasteiger partial charge < -0.3 is 10.5 Å². The van der Waals surface area contributed by atoms with Crippen LogP contribution in [0.15, 0.2) is 41.9 Å². The second kappa shape index (κ2) is 4.80. The minimum atomic E-state index is -0.205. The summed E-state index contributed by atoms with van der Waals surface area (Å²) in [7, 11) is 0. The third kappa shape index (κ3) is 2.04. The number of rotatable bonds is 1. The number of benzene rings is 1. The number of ether oxygens (including phenoxy) is 1. The minimum absolute atomic E-state index is 0.0318. The molecule has 2 heterocycles. The quantitative estimate of drug-likeness (QED) is 0.874. The zero-order valence-corrected chi connectivity index (χ0v) is 12.5. The van der Waals surface area contributed by atoms with Crippen molar-refractivity contribution in [1.29, 1.82) is 0 Å². The van der Waals surface area contributed by atoms with Gasteiger partial charge in [0, 0.05) is 24.4 Å². The van der Waals surface area contributed by atoms with Crippen LogP contribution < -0.4 is 5.73 Å². The third-order valence-corrected chi connectivity index (χ3v) is 4.81. The number of nitrogens with zero attached hydrogens (tertiary/aromatic N) is 3. The number of hydrogen-bond acceptors (Lipinski definition) is 5. The maximum Gasteiger partial charge on any atom is 0.282 e. The first-order valence-corrected chi connectivity index (χ1v) is 7.55. The van der Waals surface area contributed by atoms with E-state index in [0.29, 0.717) is 6.02 Å². The van der Waals surface area contributed by atoms with Gasteiger partial charge in [0.25, 0.3) is 6.02 Å². The van der Waals surface area contributed by atoms with Crippen LogP contribution in [-0.4, -0.2) is 27.6 Å². The Bertz CT molecular complexity index is 744. The van der Waals surface area contributed by atoms with Crippen LogP contribution in [0, 0.1) is 0 Å². The maximum absolute atomic E-state index is 5.78. The lowest BCUT2D eigenvalue weighted by molar-refractivity contribution is 0.140. The summed E-state index contributed by atoms with van der Waals surface area (Å²) in [6.07, 6.45) is 8.11. The standard InChI is InChI=1S/C17H18N4O/c1-11-17(21-16(18)22-11)5-4-12-2-3-13(6-14(12)7-17)15-8-19-10-20-9-15/h2-3,6,8-11H,4-5,7H2,1H3,(H2,18,21). The smallest absolute Gasteiger partial charge is 0.282 e. The van der Waals surface area contributed by atoms with Crippen molar-refractivity contribution in [2.75, 3.05) is 0 Å². The Balaban J connectivity index is 1.72. The molecule has 5 heteroatoms. The number of nitrogens with two attached hydrogens (primary N) is 1. The third-order valence-electron chi connectivity index (χ3n) is 4.81. The van der Waals surface area contributed by atoms with E-state index in [1.54, 1.807) is 6.33 Å². The summed E-state index contributed by atoms with van der Waals surface area (Å²) < 4.78 is 5.59. The molecule has 22 heavy (non-hydrogen) atoms. The monoisotopic (exact) mass is 294 g/mol. The van der Waals surface area contributed by atoms with Crippen LogP contribution in [0.4, 0.5) is 0 Å². The van der Waals surface area contributed by atoms with Gasteiger partial charge in [0.15, 0.2) is 0 Å². The van der Waals surface area contributed by atoms with E-state index in [0.717, 1.165) is 30.4 Å². The van der Waals surface area contributed by atoms with Crippen molar-refractivity contribution in [3.8, 4) is 11.1 Å². The predicted molar refractivity (Wildman–Crippen MR) is 84.4 cm³/mol. The first-order valence-electron chi connectivity index (χ1n) is 7.55. The molecule has 1 aromatic carbocycles. The number of aryl methyl sites for hydroxylation is 1. The molecule has 2 atom stereocenters. The van der Waals surface area contributed by atoms with E-state index >= 15 is 0 Å². The Morgan fingerprint density at radius 1 is 1.18 bits per heavy atom. The summed E-state index contributed by atoms with van der Waals surface area (Å²) >= 11 is 0. The molecule has 1 spiro atoms. The Hall–Kier alpha value is -2.43. The first kappa shape index (κ1) is 13.2. The van der Waals surface area contributed by atoms with Crippen molar-refractivity contribution in [2.24, 2.45) is 10.7 Å². The molecule has 0 bridgehead atoms. The molecule has 0 saturated heterocycles. The SMILES string of the molecule is CC1OC(N)=NC12CCc1ccc(-c3cncnc3)cc1C2. The zero-order valence-electron chi connectivity index (χ0n) is 12.5. The van der Waals surface area contributed by atoms with Crippen molar-refractivity contribution >= 4 is 6.02 Å². The average Bonchev–Trinajstić information content (AvgIpc) is 2.81. The molecule has 4 rings (SSSR count). The highest BCUT2D eigenvalue weighted by Gasteiger charge is 2.45. The molecule has 112 valence electrons. The highest BCUT2D eigenvalue weighted by molar-refractivity contribution is 5.74.